The molecule has 16 heavy (non-hydrogen) atoms. The lowest BCUT2D eigenvalue weighted by Crippen LogP contribution is -2.41. The van der Waals surface area contributed by atoms with Crippen LogP contribution in [0.15, 0.2) is 21.9 Å². The fourth-order valence-electron chi connectivity index (χ4n) is 1.87. The molecule has 0 saturated carbocycles. The molecule has 1 atom stereocenters. The summed E-state index contributed by atoms with van der Waals surface area (Å²) in [5.74, 6) is 0. The average molecular weight is 224 g/mol. The molecule has 0 amide bonds. The highest BCUT2D eigenvalue weighted by Gasteiger charge is 2.24. The molecule has 90 valence electrons. The van der Waals surface area contributed by atoms with Gasteiger partial charge in [0.1, 0.15) is 0 Å². The lowest BCUT2D eigenvalue weighted by Gasteiger charge is -2.30. The number of unbranched alkanes of at least 4 members (excludes halogenated alkanes) is 1. The van der Waals surface area contributed by atoms with Gasteiger partial charge in [-0.25, -0.2) is 4.79 Å². The van der Waals surface area contributed by atoms with Crippen LogP contribution in [0.3, 0.4) is 0 Å². The molecule has 4 nitrogen and oxygen atoms in total. The number of nitrogens with one attached hydrogen (secondary N) is 1. The van der Waals surface area contributed by atoms with Gasteiger partial charge in [-0.3, -0.25) is 14.3 Å². The zero-order valence-electron chi connectivity index (χ0n) is 10.2. The van der Waals surface area contributed by atoms with Crippen LogP contribution in [0.2, 0.25) is 0 Å². The van der Waals surface area contributed by atoms with E-state index in [0.717, 1.165) is 25.7 Å². The molecular weight excluding hydrogens is 204 g/mol. The summed E-state index contributed by atoms with van der Waals surface area (Å²) in [5, 5.41) is 0. The first kappa shape index (κ1) is 12.7. The van der Waals surface area contributed by atoms with Gasteiger partial charge in [0.05, 0.1) is 0 Å². The monoisotopic (exact) mass is 224 g/mol. The molecule has 0 fully saturated rings. The molecule has 1 aromatic rings. The highest BCUT2D eigenvalue weighted by Crippen LogP contribution is 2.24. The Labute approximate surface area is 95.3 Å². The van der Waals surface area contributed by atoms with E-state index in [2.05, 4.69) is 25.8 Å². The first-order valence-corrected chi connectivity index (χ1v) is 5.86. The lowest BCUT2D eigenvalue weighted by molar-refractivity contribution is 0.261. The van der Waals surface area contributed by atoms with E-state index in [-0.39, 0.29) is 16.8 Å². The zero-order valence-corrected chi connectivity index (χ0v) is 10.2. The third-order valence-electron chi connectivity index (χ3n) is 3.24. The summed E-state index contributed by atoms with van der Waals surface area (Å²) in [6.07, 6.45) is 5.61. The minimum absolute atomic E-state index is 0.197. The average Bonchev–Trinajstić information content (AvgIpc) is 2.26. The van der Waals surface area contributed by atoms with Gasteiger partial charge in [-0.2, -0.15) is 0 Å². The Morgan fingerprint density at radius 3 is 2.56 bits per heavy atom. The van der Waals surface area contributed by atoms with Gasteiger partial charge in [0.15, 0.2) is 0 Å². The van der Waals surface area contributed by atoms with Crippen molar-refractivity contribution >= 4 is 0 Å². The third-order valence-corrected chi connectivity index (χ3v) is 3.24. The van der Waals surface area contributed by atoms with Gasteiger partial charge >= 0.3 is 5.69 Å². The van der Waals surface area contributed by atoms with Crippen LogP contribution in [0.5, 0.6) is 0 Å². The van der Waals surface area contributed by atoms with Crippen molar-refractivity contribution in [2.75, 3.05) is 0 Å². The van der Waals surface area contributed by atoms with Crippen molar-refractivity contribution in [2.24, 2.45) is 0 Å². The lowest BCUT2D eigenvalue weighted by atomic mass is 9.91. The summed E-state index contributed by atoms with van der Waals surface area (Å²) in [4.78, 5) is 25.0. The summed E-state index contributed by atoms with van der Waals surface area (Å²) < 4.78 is 1.64. The van der Waals surface area contributed by atoms with Gasteiger partial charge in [-0.15, -0.1) is 0 Å². The number of hydrogen-bond acceptors (Lipinski definition) is 2. The van der Waals surface area contributed by atoms with E-state index in [4.69, 9.17) is 0 Å². The number of rotatable bonds is 5. The maximum atomic E-state index is 11.7. The van der Waals surface area contributed by atoms with E-state index < -0.39 is 0 Å². The second-order valence-electron chi connectivity index (χ2n) is 4.43. The summed E-state index contributed by atoms with van der Waals surface area (Å²) >= 11 is 0. The highest BCUT2D eigenvalue weighted by molar-refractivity contribution is 4.91. The molecule has 0 bridgehead atoms. The van der Waals surface area contributed by atoms with Crippen molar-refractivity contribution in [1.82, 2.24) is 9.55 Å². The maximum absolute atomic E-state index is 11.7. The minimum Gasteiger partial charge on any atom is -0.295 e. The van der Waals surface area contributed by atoms with Crippen LogP contribution in [0.25, 0.3) is 0 Å². The van der Waals surface area contributed by atoms with Crippen molar-refractivity contribution in [3.05, 3.63) is 33.1 Å². The summed E-state index contributed by atoms with van der Waals surface area (Å²) in [6, 6.07) is 1.40. The van der Waals surface area contributed by atoms with E-state index in [1.807, 2.05) is 0 Å². The summed E-state index contributed by atoms with van der Waals surface area (Å²) in [6.45, 7) is 6.25. The van der Waals surface area contributed by atoms with Crippen molar-refractivity contribution < 1.29 is 0 Å². The smallest absolute Gasteiger partial charge is 0.295 e. The third kappa shape index (κ3) is 2.62. The highest BCUT2D eigenvalue weighted by atomic mass is 16.2. The van der Waals surface area contributed by atoms with Crippen molar-refractivity contribution in [3.8, 4) is 0 Å². The number of nitrogens with zero attached hydrogens (tertiary/aromatic N) is 1. The van der Waals surface area contributed by atoms with Gasteiger partial charge in [0, 0.05) is 17.8 Å². The summed E-state index contributed by atoms with van der Waals surface area (Å²) in [5.41, 5.74) is -0.847. The van der Waals surface area contributed by atoms with Gasteiger partial charge in [0.2, 0.25) is 0 Å². The molecule has 0 saturated heterocycles. The molecule has 1 unspecified atom stereocenters. The van der Waals surface area contributed by atoms with Crippen molar-refractivity contribution in [2.45, 2.75) is 52.0 Å². The molecular formula is C12H20N2O2. The quantitative estimate of drug-likeness (QED) is 0.829. The van der Waals surface area contributed by atoms with Crippen molar-refractivity contribution in [1.29, 1.82) is 0 Å². The Morgan fingerprint density at radius 1 is 1.38 bits per heavy atom. The van der Waals surface area contributed by atoms with Crippen LogP contribution >= 0.6 is 0 Å². The van der Waals surface area contributed by atoms with Crippen LogP contribution in [-0.4, -0.2) is 9.55 Å². The standard InChI is InChI=1S/C12H20N2O2/c1-4-6-8-12(3,5-2)14-9-7-10(15)13-11(14)16/h7,9H,4-6,8H2,1-3H3,(H,13,15,16). The topological polar surface area (TPSA) is 54.9 Å². The minimum atomic E-state index is -0.338. The van der Waals surface area contributed by atoms with Gasteiger partial charge in [0.25, 0.3) is 5.56 Å². The summed E-state index contributed by atoms with van der Waals surface area (Å²) in [7, 11) is 0. The fraction of sp³-hybridized carbons (Fsp3) is 0.667. The Bertz CT molecular complexity index is 447. The van der Waals surface area contributed by atoms with Gasteiger partial charge < -0.3 is 0 Å². The maximum Gasteiger partial charge on any atom is 0.328 e. The van der Waals surface area contributed by atoms with E-state index in [9.17, 15) is 9.59 Å². The molecule has 0 spiro atoms. The molecule has 0 aliphatic rings. The van der Waals surface area contributed by atoms with Crippen LogP contribution in [0, 0.1) is 0 Å². The second kappa shape index (κ2) is 5.14. The van der Waals surface area contributed by atoms with E-state index in [1.165, 1.54) is 6.07 Å². The SMILES string of the molecule is CCCCC(C)(CC)n1ccc(=O)[nH]c1=O. The number of H-pyrrole nitrogens is 1. The molecule has 0 aliphatic heterocycles. The zero-order chi connectivity index (χ0) is 12.2. The van der Waals surface area contributed by atoms with E-state index in [1.54, 1.807) is 10.8 Å². The van der Waals surface area contributed by atoms with Crippen LogP contribution in [0.4, 0.5) is 0 Å². The predicted octanol–water partition coefficient (Wildman–Crippen LogP) is 1.85. The molecule has 4 heteroatoms. The van der Waals surface area contributed by atoms with E-state index >= 15 is 0 Å². The fourth-order valence-corrected chi connectivity index (χ4v) is 1.87. The Kier molecular flexibility index (Phi) is 4.10. The van der Waals surface area contributed by atoms with Gasteiger partial charge in [-0.1, -0.05) is 26.7 Å². The Hall–Kier alpha value is -1.32. The molecule has 0 aliphatic carbocycles. The molecule has 1 aromatic heterocycles. The molecule has 1 rings (SSSR count). The van der Waals surface area contributed by atoms with Gasteiger partial charge in [-0.05, 0) is 19.8 Å². The second-order valence-corrected chi connectivity index (χ2v) is 4.43. The Morgan fingerprint density at radius 2 is 2.06 bits per heavy atom. The van der Waals surface area contributed by atoms with Crippen molar-refractivity contribution in [3.63, 3.8) is 0 Å². The molecule has 0 radical (unpaired) electrons. The molecule has 1 N–H and O–H groups in total. The van der Waals surface area contributed by atoms with Crippen LogP contribution < -0.4 is 11.2 Å². The van der Waals surface area contributed by atoms with E-state index in [0.29, 0.717) is 0 Å². The van der Waals surface area contributed by atoms with Crippen LogP contribution in [0.1, 0.15) is 46.5 Å². The van der Waals surface area contributed by atoms with Crippen LogP contribution in [-0.2, 0) is 5.54 Å². The first-order valence-electron chi connectivity index (χ1n) is 5.86. The predicted molar refractivity (Wildman–Crippen MR) is 64.8 cm³/mol. The molecule has 0 aromatic carbocycles. The number of hydrogen-bond donors (Lipinski definition) is 1. The number of aromatic nitrogens is 2. The largest absolute Gasteiger partial charge is 0.328 e. The molecule has 1 heterocycles. The number of aromatic amines is 1. The normalized spacial score (nSPS) is 14.7. The first-order chi connectivity index (χ1) is 7.53. The Balaban J connectivity index is 3.12.